The van der Waals surface area contributed by atoms with Crippen molar-refractivity contribution in [2.45, 2.75) is 6.42 Å². The number of carbonyl (C=O) groups is 2. The van der Waals surface area contributed by atoms with Gasteiger partial charge in [-0.15, -0.1) is 11.3 Å². The van der Waals surface area contributed by atoms with E-state index in [1.165, 1.54) is 17.6 Å². The molecule has 3 rings (SSSR count). The first-order chi connectivity index (χ1) is 13.7. The first kappa shape index (κ1) is 19.5. The van der Waals surface area contributed by atoms with Gasteiger partial charge in [-0.1, -0.05) is 0 Å². The normalized spacial score (nSPS) is 10.5. The van der Waals surface area contributed by atoms with E-state index < -0.39 is 5.91 Å². The lowest BCUT2D eigenvalue weighted by molar-refractivity contribution is -0.115. The van der Waals surface area contributed by atoms with Crippen molar-refractivity contribution in [3.05, 3.63) is 53.6 Å². The second-order valence-electron chi connectivity index (χ2n) is 5.50. The summed E-state index contributed by atoms with van der Waals surface area (Å²) in [6.07, 6.45) is 3.03. The Morgan fingerprint density at radius 3 is 2.89 bits per heavy atom. The third kappa shape index (κ3) is 5.38. The van der Waals surface area contributed by atoms with Crippen LogP contribution in [0, 0.1) is 0 Å². The molecule has 2 N–H and O–H groups in total. The van der Waals surface area contributed by atoms with Crippen molar-refractivity contribution in [2.75, 3.05) is 31.0 Å². The first-order valence-electron chi connectivity index (χ1n) is 8.31. The number of carbonyl (C=O) groups excluding carboxylic acids is 2. The van der Waals surface area contributed by atoms with Crippen LogP contribution in [0.4, 0.5) is 10.8 Å². The highest BCUT2D eigenvalue weighted by molar-refractivity contribution is 7.14. The highest BCUT2D eigenvalue weighted by Gasteiger charge is 2.14. The third-order valence-corrected chi connectivity index (χ3v) is 4.24. The number of hydrogen-bond donors (Lipinski definition) is 2. The van der Waals surface area contributed by atoms with Crippen molar-refractivity contribution < 1.29 is 23.5 Å². The first-order valence-corrected chi connectivity index (χ1v) is 9.19. The molecule has 3 aromatic heterocycles. The summed E-state index contributed by atoms with van der Waals surface area (Å²) in [5, 5.41) is 7.47. The van der Waals surface area contributed by atoms with Gasteiger partial charge in [0, 0.05) is 18.7 Å². The molecule has 0 saturated heterocycles. The molecule has 0 unspecified atom stereocenters. The fourth-order valence-corrected chi connectivity index (χ4v) is 2.90. The predicted octanol–water partition coefficient (Wildman–Crippen LogP) is 2.59. The van der Waals surface area contributed by atoms with E-state index in [0.717, 1.165) is 0 Å². The van der Waals surface area contributed by atoms with Gasteiger partial charge in [0.25, 0.3) is 5.91 Å². The summed E-state index contributed by atoms with van der Waals surface area (Å²) < 4.78 is 15.5. The van der Waals surface area contributed by atoms with E-state index in [4.69, 9.17) is 13.9 Å². The fourth-order valence-electron chi connectivity index (χ4n) is 2.19. The zero-order chi connectivity index (χ0) is 19.8. The van der Waals surface area contributed by atoms with E-state index in [9.17, 15) is 9.59 Å². The summed E-state index contributed by atoms with van der Waals surface area (Å²) in [7, 11) is 1.57. The lowest BCUT2D eigenvalue weighted by Crippen LogP contribution is -2.16. The largest absolute Gasteiger partial charge is 0.474 e. The summed E-state index contributed by atoms with van der Waals surface area (Å²) in [5.41, 5.74) is 0.994. The Hall–Kier alpha value is -3.24. The number of aromatic nitrogens is 2. The van der Waals surface area contributed by atoms with Gasteiger partial charge >= 0.3 is 0 Å². The summed E-state index contributed by atoms with van der Waals surface area (Å²) in [6, 6.07) is 6.57. The highest BCUT2D eigenvalue weighted by atomic mass is 32.1. The molecule has 0 radical (unpaired) electrons. The average molecular weight is 402 g/mol. The van der Waals surface area contributed by atoms with Gasteiger partial charge in [-0.3, -0.25) is 14.9 Å². The molecule has 0 fully saturated rings. The smallest absolute Gasteiger partial charge is 0.293 e. The van der Waals surface area contributed by atoms with Crippen molar-refractivity contribution in [2.24, 2.45) is 0 Å². The van der Waals surface area contributed by atoms with Crippen molar-refractivity contribution in [3.8, 4) is 5.88 Å². The molecule has 10 heteroatoms. The molecule has 0 saturated carbocycles. The lowest BCUT2D eigenvalue weighted by Gasteiger charge is -2.10. The Balaban J connectivity index is 1.56. The molecular weight excluding hydrogens is 384 g/mol. The Kier molecular flexibility index (Phi) is 6.71. The minimum Gasteiger partial charge on any atom is -0.474 e. The van der Waals surface area contributed by atoms with Gasteiger partial charge in [0.15, 0.2) is 10.9 Å². The Labute approximate surface area is 164 Å². The number of rotatable bonds is 9. The number of methoxy groups -OCH3 is 1. The van der Waals surface area contributed by atoms with E-state index in [0.29, 0.717) is 35.6 Å². The van der Waals surface area contributed by atoms with Crippen molar-refractivity contribution >= 4 is 34.0 Å². The van der Waals surface area contributed by atoms with Crippen LogP contribution in [0.15, 0.2) is 46.5 Å². The number of anilines is 2. The molecular formula is C18H18N4O5S. The van der Waals surface area contributed by atoms with Gasteiger partial charge in [0.1, 0.15) is 12.3 Å². The van der Waals surface area contributed by atoms with Gasteiger partial charge in [-0.05, 0) is 24.3 Å². The fraction of sp³-hybridized carbons (Fsp3) is 0.222. The van der Waals surface area contributed by atoms with Crippen molar-refractivity contribution in [3.63, 3.8) is 0 Å². The molecule has 146 valence electrons. The quantitative estimate of drug-likeness (QED) is 0.529. The minimum atomic E-state index is -0.399. The second kappa shape index (κ2) is 9.62. The Bertz CT molecular complexity index is 926. The lowest BCUT2D eigenvalue weighted by atomic mass is 10.3. The maximum atomic E-state index is 12.3. The van der Waals surface area contributed by atoms with Gasteiger partial charge < -0.3 is 19.2 Å². The maximum absolute atomic E-state index is 12.3. The van der Waals surface area contributed by atoms with Gasteiger partial charge in [-0.25, -0.2) is 9.97 Å². The van der Waals surface area contributed by atoms with E-state index in [1.807, 2.05) is 0 Å². The molecule has 0 bridgehead atoms. The topological polar surface area (TPSA) is 116 Å². The molecule has 9 nitrogen and oxygen atoms in total. The number of nitrogens with zero attached hydrogens (tertiary/aromatic N) is 2. The Morgan fingerprint density at radius 1 is 1.21 bits per heavy atom. The summed E-state index contributed by atoms with van der Waals surface area (Å²) in [4.78, 5) is 32.6. The summed E-state index contributed by atoms with van der Waals surface area (Å²) >= 11 is 1.22. The SMILES string of the molecule is COCCOc1ncccc1NC(=O)Cc1csc(NC(=O)c2ccco2)n1. The van der Waals surface area contributed by atoms with Gasteiger partial charge in [-0.2, -0.15) is 0 Å². The van der Waals surface area contributed by atoms with Crippen LogP contribution >= 0.6 is 11.3 Å². The third-order valence-electron chi connectivity index (χ3n) is 3.43. The molecule has 0 aromatic carbocycles. The standard InChI is InChI=1S/C18H18N4O5S/c1-25-8-9-27-17-13(4-2-6-19-17)21-15(23)10-12-11-28-18(20-12)22-16(24)14-5-3-7-26-14/h2-7,11H,8-10H2,1H3,(H,21,23)(H,20,22,24). The van der Waals surface area contributed by atoms with E-state index in [1.54, 1.807) is 43.0 Å². The Morgan fingerprint density at radius 2 is 2.11 bits per heavy atom. The van der Waals surface area contributed by atoms with Crippen LogP contribution in [0.3, 0.4) is 0 Å². The van der Waals surface area contributed by atoms with Crippen molar-refractivity contribution in [1.82, 2.24) is 9.97 Å². The molecule has 2 amide bonds. The monoisotopic (exact) mass is 402 g/mol. The van der Waals surface area contributed by atoms with Crippen LogP contribution < -0.4 is 15.4 Å². The number of ether oxygens (including phenoxy) is 2. The number of furan rings is 1. The molecule has 0 atom stereocenters. The van der Waals surface area contributed by atoms with Gasteiger partial charge in [0.2, 0.25) is 11.8 Å². The summed E-state index contributed by atoms with van der Waals surface area (Å²) in [5.74, 6) is -0.174. The maximum Gasteiger partial charge on any atom is 0.293 e. The predicted molar refractivity (Wildman–Crippen MR) is 103 cm³/mol. The number of nitrogens with one attached hydrogen (secondary N) is 2. The van der Waals surface area contributed by atoms with E-state index >= 15 is 0 Å². The number of pyridine rings is 1. The summed E-state index contributed by atoms with van der Waals surface area (Å²) in [6.45, 7) is 0.733. The molecule has 0 aliphatic rings. The van der Waals surface area contributed by atoms with Crippen LogP contribution in [-0.4, -0.2) is 42.1 Å². The van der Waals surface area contributed by atoms with Crippen LogP contribution in [0.1, 0.15) is 16.2 Å². The van der Waals surface area contributed by atoms with E-state index in [-0.39, 0.29) is 18.1 Å². The molecule has 0 aliphatic carbocycles. The van der Waals surface area contributed by atoms with E-state index in [2.05, 4.69) is 20.6 Å². The molecule has 3 heterocycles. The van der Waals surface area contributed by atoms with Crippen LogP contribution in [0.2, 0.25) is 0 Å². The zero-order valence-corrected chi connectivity index (χ0v) is 15.8. The zero-order valence-electron chi connectivity index (χ0n) is 15.0. The number of hydrogen-bond acceptors (Lipinski definition) is 8. The van der Waals surface area contributed by atoms with Crippen molar-refractivity contribution in [1.29, 1.82) is 0 Å². The molecule has 0 spiro atoms. The van der Waals surface area contributed by atoms with Crippen LogP contribution in [-0.2, 0) is 16.0 Å². The number of thiazole rings is 1. The second-order valence-corrected chi connectivity index (χ2v) is 6.36. The highest BCUT2D eigenvalue weighted by Crippen LogP contribution is 2.22. The average Bonchev–Trinajstić information content (AvgIpc) is 3.35. The molecule has 28 heavy (non-hydrogen) atoms. The number of amides is 2. The minimum absolute atomic E-state index is 0.0412. The van der Waals surface area contributed by atoms with Gasteiger partial charge in [0.05, 0.1) is 25.0 Å². The molecule has 0 aliphatic heterocycles. The van der Waals surface area contributed by atoms with Crippen LogP contribution in [0.5, 0.6) is 5.88 Å². The molecule has 3 aromatic rings. The van der Waals surface area contributed by atoms with Crippen LogP contribution in [0.25, 0.3) is 0 Å².